The van der Waals surface area contributed by atoms with Crippen molar-refractivity contribution in [2.75, 3.05) is 59.3 Å². The number of hydrogen-bond donors (Lipinski definition) is 11. The Morgan fingerprint density at radius 3 is 1.38 bits per heavy atom. The van der Waals surface area contributed by atoms with E-state index >= 15 is 0 Å². The van der Waals surface area contributed by atoms with E-state index in [1.54, 1.807) is 0 Å². The topological polar surface area (TPSA) is 261 Å². The Morgan fingerprint density at radius 2 is 1.00 bits per heavy atom. The molecule has 0 fully saturated rings. The van der Waals surface area contributed by atoms with Crippen LogP contribution in [0.5, 0.6) is 0 Å². The van der Waals surface area contributed by atoms with E-state index < -0.39 is 81.1 Å². The van der Waals surface area contributed by atoms with Gasteiger partial charge in [-0.25, -0.2) is 0 Å². The molecule has 11 N–H and O–H groups in total. The van der Waals surface area contributed by atoms with Gasteiger partial charge in [-0.3, -0.25) is 9.69 Å². The second-order valence-corrected chi connectivity index (χ2v) is 7.72. The first kappa shape index (κ1) is 33.0. The van der Waals surface area contributed by atoms with Gasteiger partial charge < -0.3 is 65.6 Å². The van der Waals surface area contributed by atoms with E-state index in [0.717, 1.165) is 0 Å². The van der Waals surface area contributed by atoms with Crippen molar-refractivity contribution < 1.29 is 70.4 Å². The van der Waals surface area contributed by atoms with Gasteiger partial charge in [-0.1, -0.05) is 0 Å². The van der Waals surface area contributed by atoms with Gasteiger partial charge in [0.25, 0.3) is 0 Å². The van der Waals surface area contributed by atoms with Crippen LogP contribution in [0.4, 0.5) is 0 Å². The Hall–Kier alpha value is -1.05. The van der Waals surface area contributed by atoms with Crippen molar-refractivity contribution in [1.29, 1.82) is 0 Å². The van der Waals surface area contributed by atoms with Gasteiger partial charge in [0.1, 0.15) is 36.6 Å². The van der Waals surface area contributed by atoms with Crippen LogP contribution in [0.15, 0.2) is 0 Å². The van der Waals surface area contributed by atoms with Crippen molar-refractivity contribution in [3.8, 4) is 0 Å². The summed E-state index contributed by atoms with van der Waals surface area (Å²) in [6.45, 7) is -2.35. The third-order valence-corrected chi connectivity index (χ3v) is 4.93. The minimum absolute atomic E-state index is 0.0000163. The number of carboxylic acids is 1. The summed E-state index contributed by atoms with van der Waals surface area (Å²) in [5.41, 5.74) is 0. The maximum atomic E-state index is 10.4. The van der Waals surface area contributed by atoms with Crippen LogP contribution in [0.3, 0.4) is 0 Å². The number of hydrogen-bond acceptors (Lipinski definition) is 14. The molecule has 0 spiro atoms. The van der Waals surface area contributed by atoms with E-state index in [0.29, 0.717) is 0 Å². The molecule has 0 rings (SSSR count). The number of ether oxygens (including phenoxy) is 2. The van der Waals surface area contributed by atoms with Crippen molar-refractivity contribution in [2.45, 2.75) is 55.3 Å². The van der Waals surface area contributed by atoms with Gasteiger partial charge in [0.2, 0.25) is 0 Å². The quantitative estimate of drug-likeness (QED) is 0.0648. The summed E-state index contributed by atoms with van der Waals surface area (Å²) in [7, 11) is 0. The average molecular weight is 506 g/mol. The highest BCUT2D eigenvalue weighted by Crippen LogP contribution is 2.10. The van der Waals surface area contributed by atoms with Crippen molar-refractivity contribution in [3.63, 3.8) is 0 Å². The van der Waals surface area contributed by atoms with Crippen LogP contribution in [-0.4, -0.2) is 175 Å². The van der Waals surface area contributed by atoms with Crippen LogP contribution < -0.4 is 0 Å². The fourth-order valence-corrected chi connectivity index (χ4v) is 2.80. The number of aliphatic hydroxyl groups excluding tert-OH is 10. The minimum Gasteiger partial charge on any atom is -0.481 e. The SMILES string of the molecule is O=C(O)CCOCCOCCN(C[C@H](O)[C@@H](O)[C@H](O)[C@H](O)CO)C[C@H](O)[C@@H](O)[C@H](O)[C@H](O)CO. The lowest BCUT2D eigenvalue weighted by Crippen LogP contribution is -2.53. The molecule has 204 valence electrons. The van der Waals surface area contributed by atoms with E-state index in [1.807, 2.05) is 0 Å². The predicted octanol–water partition coefficient (Wildman–Crippen LogP) is -6.33. The largest absolute Gasteiger partial charge is 0.481 e. The lowest BCUT2D eigenvalue weighted by molar-refractivity contribution is -0.138. The first-order chi connectivity index (χ1) is 16.0. The molecular weight excluding hydrogens is 466 g/mol. The maximum Gasteiger partial charge on any atom is 0.305 e. The fourth-order valence-electron chi connectivity index (χ4n) is 2.80. The summed E-state index contributed by atoms with van der Waals surface area (Å²) in [4.78, 5) is 11.7. The second kappa shape index (κ2) is 18.3. The smallest absolute Gasteiger partial charge is 0.305 e. The molecule has 0 aromatic carbocycles. The summed E-state index contributed by atoms with van der Waals surface area (Å²) >= 11 is 0. The average Bonchev–Trinajstić information content (AvgIpc) is 2.81. The van der Waals surface area contributed by atoms with E-state index in [4.69, 9.17) is 24.8 Å². The zero-order chi connectivity index (χ0) is 26.3. The Morgan fingerprint density at radius 1 is 0.618 bits per heavy atom. The molecule has 0 bridgehead atoms. The molecule has 8 atom stereocenters. The predicted molar refractivity (Wildman–Crippen MR) is 113 cm³/mol. The molecule has 0 amide bonds. The summed E-state index contributed by atoms with van der Waals surface area (Å²) < 4.78 is 10.4. The van der Waals surface area contributed by atoms with Gasteiger partial charge in [-0.15, -0.1) is 0 Å². The van der Waals surface area contributed by atoms with Gasteiger partial charge >= 0.3 is 5.97 Å². The standard InChI is InChI=1S/C19H39NO14/c21-9-13(25)18(31)16(29)11(23)7-20(2-4-34-6-5-33-3-1-15(27)28)8-12(24)17(30)19(32)14(26)10-22/h11-14,16-19,21-26,29-32H,1-10H2,(H,27,28)/t11-,12-,13+,14+,16+,17+,18+,19+/m0/s1. The molecule has 15 nitrogen and oxygen atoms in total. The monoisotopic (exact) mass is 505 g/mol. The number of carbonyl (C=O) groups is 1. The Kier molecular flexibility index (Phi) is 17.7. The van der Waals surface area contributed by atoms with Crippen LogP contribution in [0, 0.1) is 0 Å². The van der Waals surface area contributed by atoms with Gasteiger partial charge in [-0.05, 0) is 0 Å². The lowest BCUT2D eigenvalue weighted by Gasteiger charge is -2.33. The molecule has 15 heteroatoms. The Labute approximate surface area is 196 Å². The normalized spacial score (nSPS) is 19.3. The number of aliphatic hydroxyl groups is 10. The number of carboxylic acid groups (broad SMARTS) is 1. The molecule has 0 heterocycles. The van der Waals surface area contributed by atoms with Gasteiger partial charge in [0, 0.05) is 19.6 Å². The zero-order valence-corrected chi connectivity index (χ0v) is 18.8. The Bertz CT molecular complexity index is 499. The van der Waals surface area contributed by atoms with Gasteiger partial charge in [0.15, 0.2) is 0 Å². The maximum absolute atomic E-state index is 10.4. The van der Waals surface area contributed by atoms with E-state index in [2.05, 4.69) is 0 Å². The molecule has 0 aliphatic heterocycles. The van der Waals surface area contributed by atoms with Crippen LogP contribution in [0.25, 0.3) is 0 Å². The molecule has 0 saturated carbocycles. The third-order valence-electron chi connectivity index (χ3n) is 4.93. The lowest BCUT2D eigenvalue weighted by atomic mass is 10.0. The van der Waals surface area contributed by atoms with Crippen LogP contribution in [0.2, 0.25) is 0 Å². The molecule has 0 unspecified atom stereocenters. The van der Waals surface area contributed by atoms with Crippen molar-refractivity contribution >= 4 is 5.97 Å². The third kappa shape index (κ3) is 13.1. The van der Waals surface area contributed by atoms with E-state index in [-0.39, 0.29) is 39.4 Å². The molecule has 0 aliphatic carbocycles. The van der Waals surface area contributed by atoms with Gasteiger partial charge in [0.05, 0.1) is 58.3 Å². The summed E-state index contributed by atoms with van der Waals surface area (Å²) in [6.07, 6.45) is -14.5. The molecule has 34 heavy (non-hydrogen) atoms. The highest BCUT2D eigenvalue weighted by Gasteiger charge is 2.34. The van der Waals surface area contributed by atoms with E-state index in [9.17, 15) is 45.6 Å². The number of nitrogens with zero attached hydrogens (tertiary/aromatic N) is 1. The molecule has 0 radical (unpaired) electrons. The molecule has 0 aliphatic rings. The van der Waals surface area contributed by atoms with Crippen LogP contribution >= 0.6 is 0 Å². The summed E-state index contributed by atoms with van der Waals surface area (Å²) in [6, 6.07) is 0. The summed E-state index contributed by atoms with van der Waals surface area (Å²) in [5, 5.41) is 105. The first-order valence-corrected chi connectivity index (χ1v) is 10.7. The highest BCUT2D eigenvalue weighted by molar-refractivity contribution is 5.66. The van der Waals surface area contributed by atoms with Crippen molar-refractivity contribution in [3.05, 3.63) is 0 Å². The zero-order valence-electron chi connectivity index (χ0n) is 18.8. The number of aliphatic carboxylic acids is 1. The fraction of sp³-hybridized carbons (Fsp3) is 0.947. The second-order valence-electron chi connectivity index (χ2n) is 7.72. The van der Waals surface area contributed by atoms with E-state index in [1.165, 1.54) is 4.90 Å². The van der Waals surface area contributed by atoms with Crippen LogP contribution in [-0.2, 0) is 14.3 Å². The summed E-state index contributed by atoms with van der Waals surface area (Å²) in [5.74, 6) is -1.01. The molecular formula is C19H39NO14. The molecule has 0 aromatic heterocycles. The highest BCUT2D eigenvalue weighted by atomic mass is 16.5. The van der Waals surface area contributed by atoms with Gasteiger partial charge in [-0.2, -0.15) is 0 Å². The van der Waals surface area contributed by atoms with Crippen LogP contribution in [0.1, 0.15) is 6.42 Å². The van der Waals surface area contributed by atoms with Crippen molar-refractivity contribution in [1.82, 2.24) is 4.90 Å². The first-order valence-electron chi connectivity index (χ1n) is 10.7. The molecule has 0 saturated heterocycles. The molecule has 0 aromatic rings. The van der Waals surface area contributed by atoms with Crippen molar-refractivity contribution in [2.24, 2.45) is 0 Å². The Balaban J connectivity index is 4.89. The minimum atomic E-state index is -1.88. The number of rotatable bonds is 21.